The summed E-state index contributed by atoms with van der Waals surface area (Å²) < 4.78 is 79.1. The van der Waals surface area contributed by atoms with Crippen molar-refractivity contribution in [2.75, 3.05) is 0 Å². The molecule has 2 rings (SSSR count). The Labute approximate surface area is 134 Å². The molecule has 5 nitrogen and oxygen atoms in total. The molecule has 0 aliphatic heterocycles. The van der Waals surface area contributed by atoms with Crippen LogP contribution in [0.25, 0.3) is 0 Å². The van der Waals surface area contributed by atoms with E-state index < -0.39 is 38.5 Å². The molecule has 2 aromatic rings. The van der Waals surface area contributed by atoms with Crippen molar-refractivity contribution in [3.05, 3.63) is 59.7 Å². The summed E-state index contributed by atoms with van der Waals surface area (Å²) in [7, 11) is -4.69. The van der Waals surface area contributed by atoms with E-state index in [0.29, 0.717) is 0 Å². The topological polar surface area (TPSA) is 82.8 Å². The van der Waals surface area contributed by atoms with Crippen molar-refractivity contribution in [2.24, 2.45) is 0 Å². The van der Waals surface area contributed by atoms with E-state index in [-0.39, 0.29) is 5.56 Å². The normalized spacial score (nSPS) is 13.3. The molecule has 0 fully saturated rings. The van der Waals surface area contributed by atoms with Crippen molar-refractivity contribution in [2.45, 2.75) is 17.1 Å². The molecule has 0 radical (unpaired) electrons. The molecule has 1 unspecified atom stereocenters. The molecule has 0 spiro atoms. The van der Waals surface area contributed by atoms with Gasteiger partial charge in [-0.15, -0.1) is 0 Å². The highest BCUT2D eigenvalue weighted by Crippen LogP contribution is 2.35. The lowest BCUT2D eigenvalue weighted by Gasteiger charge is -2.22. The molecule has 0 amide bonds. The molecular formula is C14H9F4N3O2S. The lowest BCUT2D eigenvalue weighted by atomic mass is 10.1. The Morgan fingerprint density at radius 2 is 1.88 bits per heavy atom. The monoisotopic (exact) mass is 359 g/mol. The fourth-order valence-corrected chi connectivity index (χ4v) is 3.05. The number of hydrogen-bond acceptors (Lipinski definition) is 4. The number of nitrogens with one attached hydrogen (secondary N) is 1. The molecule has 24 heavy (non-hydrogen) atoms. The van der Waals surface area contributed by atoms with Gasteiger partial charge >= 0.3 is 6.18 Å². The number of pyridine rings is 1. The van der Waals surface area contributed by atoms with Crippen LogP contribution in [0.4, 0.5) is 17.6 Å². The van der Waals surface area contributed by atoms with Crippen LogP contribution in [0.2, 0.25) is 0 Å². The van der Waals surface area contributed by atoms with Crippen LogP contribution in [-0.4, -0.2) is 19.6 Å². The molecule has 10 heteroatoms. The minimum absolute atomic E-state index is 0.146. The van der Waals surface area contributed by atoms with Gasteiger partial charge in [-0.3, -0.25) is 4.98 Å². The third kappa shape index (κ3) is 3.87. The van der Waals surface area contributed by atoms with Gasteiger partial charge in [-0.1, -0.05) is 18.2 Å². The van der Waals surface area contributed by atoms with Crippen molar-refractivity contribution < 1.29 is 26.0 Å². The second kappa shape index (κ2) is 6.54. The predicted molar refractivity (Wildman–Crippen MR) is 74.5 cm³/mol. The SMILES string of the molecule is N#Cc1cncc(S(=O)(=O)NC(c2ccccc2F)C(F)(F)F)c1. The molecule has 0 bridgehead atoms. The first-order valence-electron chi connectivity index (χ1n) is 6.34. The minimum Gasteiger partial charge on any atom is -0.262 e. The van der Waals surface area contributed by atoms with Crippen molar-refractivity contribution in [1.29, 1.82) is 5.26 Å². The molecule has 0 saturated carbocycles. The third-order valence-electron chi connectivity index (χ3n) is 2.97. The molecule has 1 heterocycles. The number of sulfonamides is 1. The van der Waals surface area contributed by atoms with Crippen molar-refractivity contribution in [1.82, 2.24) is 9.71 Å². The van der Waals surface area contributed by atoms with Gasteiger partial charge in [0.05, 0.1) is 5.56 Å². The summed E-state index contributed by atoms with van der Waals surface area (Å²) in [4.78, 5) is 2.85. The highest BCUT2D eigenvalue weighted by molar-refractivity contribution is 7.89. The second-order valence-corrected chi connectivity index (χ2v) is 6.35. The van der Waals surface area contributed by atoms with Gasteiger partial charge < -0.3 is 0 Å². The summed E-state index contributed by atoms with van der Waals surface area (Å²) >= 11 is 0. The molecular weight excluding hydrogens is 350 g/mol. The van der Waals surface area contributed by atoms with Gasteiger partial charge in [0.15, 0.2) is 0 Å². The molecule has 126 valence electrons. The van der Waals surface area contributed by atoms with E-state index in [1.807, 2.05) is 0 Å². The second-order valence-electron chi connectivity index (χ2n) is 4.64. The predicted octanol–water partition coefficient (Wildman–Crippen LogP) is 2.67. The standard InChI is InChI=1S/C14H9F4N3O2S/c15-12-4-2-1-3-11(12)13(14(16,17)18)21-24(22,23)10-5-9(6-19)7-20-8-10/h1-5,7-8,13,21H. The maximum absolute atomic E-state index is 13.7. The molecule has 1 atom stereocenters. The van der Waals surface area contributed by atoms with Crippen molar-refractivity contribution in [3.63, 3.8) is 0 Å². The molecule has 0 saturated heterocycles. The van der Waals surface area contributed by atoms with E-state index in [4.69, 9.17) is 5.26 Å². The summed E-state index contributed by atoms with van der Waals surface area (Å²) in [5.41, 5.74) is -1.01. The van der Waals surface area contributed by atoms with E-state index in [1.54, 1.807) is 6.07 Å². The van der Waals surface area contributed by atoms with E-state index in [2.05, 4.69) is 4.98 Å². The van der Waals surface area contributed by atoms with Gasteiger partial charge in [-0.25, -0.2) is 12.8 Å². The van der Waals surface area contributed by atoms with Crippen LogP contribution in [0.5, 0.6) is 0 Å². The van der Waals surface area contributed by atoms with Gasteiger partial charge in [-0.2, -0.15) is 23.2 Å². The Kier molecular flexibility index (Phi) is 4.86. The maximum Gasteiger partial charge on any atom is 0.408 e. The van der Waals surface area contributed by atoms with E-state index in [0.717, 1.165) is 36.7 Å². The van der Waals surface area contributed by atoms with E-state index in [1.165, 1.54) is 10.8 Å². The van der Waals surface area contributed by atoms with Gasteiger partial charge in [0.1, 0.15) is 22.8 Å². The first-order chi connectivity index (χ1) is 11.1. The van der Waals surface area contributed by atoms with Crippen molar-refractivity contribution >= 4 is 10.0 Å². The van der Waals surface area contributed by atoms with Crippen LogP contribution in [0, 0.1) is 17.1 Å². The van der Waals surface area contributed by atoms with Crippen LogP contribution in [0.15, 0.2) is 47.6 Å². The van der Waals surface area contributed by atoms with E-state index in [9.17, 15) is 26.0 Å². The van der Waals surface area contributed by atoms with Crippen LogP contribution in [0.3, 0.4) is 0 Å². The molecule has 1 N–H and O–H groups in total. The van der Waals surface area contributed by atoms with Gasteiger partial charge in [0.25, 0.3) is 0 Å². The zero-order valence-electron chi connectivity index (χ0n) is 11.7. The summed E-state index contributed by atoms with van der Waals surface area (Å²) in [5, 5.41) is 8.72. The summed E-state index contributed by atoms with van der Waals surface area (Å²) in [5.74, 6) is -1.20. The Balaban J connectivity index is 2.47. The maximum atomic E-state index is 13.7. The average molecular weight is 359 g/mol. The fraction of sp³-hybridized carbons (Fsp3) is 0.143. The Hall–Kier alpha value is -2.51. The molecule has 0 aliphatic rings. The smallest absolute Gasteiger partial charge is 0.262 e. The Bertz CT molecular complexity index is 891. The highest BCUT2D eigenvalue weighted by Gasteiger charge is 2.44. The Morgan fingerprint density at radius 1 is 1.21 bits per heavy atom. The summed E-state index contributed by atoms with van der Waals surface area (Å²) in [6, 6.07) is 3.67. The van der Waals surface area contributed by atoms with Gasteiger partial charge in [-0.05, 0) is 12.1 Å². The number of nitrogens with zero attached hydrogens (tertiary/aromatic N) is 2. The number of aromatic nitrogens is 1. The summed E-state index contributed by atoms with van der Waals surface area (Å²) in [6.45, 7) is 0. The zero-order chi connectivity index (χ0) is 18.0. The van der Waals surface area contributed by atoms with Crippen molar-refractivity contribution in [3.8, 4) is 6.07 Å². The van der Waals surface area contributed by atoms with Crippen LogP contribution in [0.1, 0.15) is 17.2 Å². The van der Waals surface area contributed by atoms with Crippen LogP contribution in [-0.2, 0) is 10.0 Å². The molecule has 0 aliphatic carbocycles. The minimum atomic E-state index is -5.07. The lowest BCUT2D eigenvalue weighted by molar-refractivity contribution is -0.153. The quantitative estimate of drug-likeness (QED) is 0.851. The number of alkyl halides is 3. The van der Waals surface area contributed by atoms with Crippen LogP contribution >= 0.6 is 0 Å². The van der Waals surface area contributed by atoms with Gasteiger partial charge in [0.2, 0.25) is 10.0 Å². The zero-order valence-corrected chi connectivity index (χ0v) is 12.6. The first kappa shape index (κ1) is 17.8. The van der Waals surface area contributed by atoms with Gasteiger partial charge in [0, 0.05) is 18.0 Å². The highest BCUT2D eigenvalue weighted by atomic mass is 32.2. The number of nitriles is 1. The van der Waals surface area contributed by atoms with Crippen LogP contribution < -0.4 is 4.72 Å². The fourth-order valence-electron chi connectivity index (χ4n) is 1.87. The summed E-state index contributed by atoms with van der Waals surface area (Å²) in [6.07, 6.45) is -3.23. The third-order valence-corrected chi connectivity index (χ3v) is 4.36. The Morgan fingerprint density at radius 3 is 2.46 bits per heavy atom. The molecule has 1 aromatic heterocycles. The number of benzene rings is 1. The number of halogens is 4. The lowest BCUT2D eigenvalue weighted by Crippen LogP contribution is -2.38. The molecule has 1 aromatic carbocycles. The van der Waals surface area contributed by atoms with E-state index >= 15 is 0 Å². The number of hydrogen-bond donors (Lipinski definition) is 1. The number of rotatable bonds is 4. The average Bonchev–Trinajstić information content (AvgIpc) is 2.52. The first-order valence-corrected chi connectivity index (χ1v) is 7.82. The largest absolute Gasteiger partial charge is 0.408 e.